The second-order valence-electron chi connectivity index (χ2n) is 7.10. The van der Waals surface area contributed by atoms with Crippen LogP contribution in [0.5, 0.6) is 0 Å². The molecular weight excluding hydrogens is 454 g/mol. The lowest BCUT2D eigenvalue weighted by Gasteiger charge is -2.23. The Morgan fingerprint density at radius 2 is 1.79 bits per heavy atom. The van der Waals surface area contributed by atoms with Crippen LogP contribution in [0.4, 0.5) is 13.9 Å². The van der Waals surface area contributed by atoms with Gasteiger partial charge in [-0.05, 0) is 37.3 Å². The Hall–Kier alpha value is -3.92. The minimum absolute atomic E-state index is 0.0404. The molecule has 2 aromatic carbocycles. The summed E-state index contributed by atoms with van der Waals surface area (Å²) in [5, 5.41) is 10.9. The molecule has 1 atom stereocenters. The van der Waals surface area contributed by atoms with Gasteiger partial charge in [0.25, 0.3) is 5.78 Å². The molecule has 1 N–H and O–H groups in total. The number of thiazole rings is 1. The summed E-state index contributed by atoms with van der Waals surface area (Å²) < 4.78 is 32.9. The van der Waals surface area contributed by atoms with E-state index < -0.39 is 41.1 Å². The Morgan fingerprint density at radius 1 is 1.12 bits per heavy atom. The molecule has 1 aromatic heterocycles. The van der Waals surface area contributed by atoms with Gasteiger partial charge in [-0.15, -0.1) is 0 Å². The van der Waals surface area contributed by atoms with Gasteiger partial charge in [-0.25, -0.2) is 18.6 Å². The van der Waals surface area contributed by atoms with Crippen LogP contribution in [0.15, 0.2) is 54.1 Å². The van der Waals surface area contributed by atoms with E-state index in [1.54, 1.807) is 0 Å². The normalized spacial score (nSPS) is 17.5. The molecule has 1 amide bonds. The summed E-state index contributed by atoms with van der Waals surface area (Å²) in [7, 11) is 1.19. The Labute approximate surface area is 190 Å². The van der Waals surface area contributed by atoms with Gasteiger partial charge >= 0.3 is 11.9 Å². The Balaban J connectivity index is 1.95. The van der Waals surface area contributed by atoms with Crippen molar-refractivity contribution in [1.82, 2.24) is 4.98 Å². The first-order valence-electron chi connectivity index (χ1n) is 9.61. The summed E-state index contributed by atoms with van der Waals surface area (Å²) in [6, 6.07) is 8.74. The summed E-state index contributed by atoms with van der Waals surface area (Å²) in [6.07, 6.45) is 0. The van der Waals surface area contributed by atoms with E-state index in [9.17, 15) is 28.3 Å². The number of Topliss-reactive ketones (excluding diaryl/α,β-unsaturated/α-hetero) is 1. The monoisotopic (exact) mass is 470 g/mol. The first kappa shape index (κ1) is 22.3. The van der Waals surface area contributed by atoms with Gasteiger partial charge in [-0.3, -0.25) is 14.5 Å². The number of anilines is 1. The van der Waals surface area contributed by atoms with Gasteiger partial charge in [0, 0.05) is 11.1 Å². The molecule has 3 aromatic rings. The number of nitrogens with zero attached hydrogens (tertiary/aromatic N) is 2. The highest BCUT2D eigenvalue weighted by molar-refractivity contribution is 7.17. The van der Waals surface area contributed by atoms with Gasteiger partial charge < -0.3 is 9.84 Å². The van der Waals surface area contributed by atoms with Gasteiger partial charge in [-0.1, -0.05) is 29.5 Å². The van der Waals surface area contributed by atoms with E-state index in [1.165, 1.54) is 44.4 Å². The van der Waals surface area contributed by atoms with Crippen molar-refractivity contribution in [3.8, 4) is 0 Å². The van der Waals surface area contributed by atoms with Crippen molar-refractivity contribution in [1.29, 1.82) is 0 Å². The van der Waals surface area contributed by atoms with Crippen LogP contribution >= 0.6 is 11.3 Å². The Bertz CT molecular complexity index is 1320. The number of aromatic nitrogens is 1. The molecule has 1 saturated heterocycles. The maximum absolute atomic E-state index is 14.8. The molecule has 0 aliphatic carbocycles. The molecule has 1 aliphatic heterocycles. The molecule has 1 unspecified atom stereocenters. The molecule has 168 valence electrons. The van der Waals surface area contributed by atoms with Gasteiger partial charge in [0.05, 0.1) is 18.4 Å². The number of ether oxygens (including phenoxy) is 1. The fourth-order valence-corrected chi connectivity index (χ4v) is 4.56. The first-order valence-corrected chi connectivity index (χ1v) is 10.4. The molecule has 33 heavy (non-hydrogen) atoms. The van der Waals surface area contributed by atoms with Crippen molar-refractivity contribution in [2.24, 2.45) is 0 Å². The zero-order chi connectivity index (χ0) is 23.9. The molecule has 1 aliphatic rings. The molecule has 10 heteroatoms. The fraction of sp³-hybridized carbons (Fsp3) is 0.130. The molecule has 2 heterocycles. The molecule has 0 bridgehead atoms. The fourth-order valence-electron chi connectivity index (χ4n) is 3.55. The van der Waals surface area contributed by atoms with E-state index in [2.05, 4.69) is 4.98 Å². The van der Waals surface area contributed by atoms with Crippen LogP contribution in [0.2, 0.25) is 0 Å². The second-order valence-corrected chi connectivity index (χ2v) is 8.08. The maximum Gasteiger partial charge on any atom is 0.350 e. The smallest absolute Gasteiger partial charge is 0.350 e. The number of hydrogen-bond donors (Lipinski definition) is 1. The number of hydrogen-bond acceptors (Lipinski definition) is 7. The average molecular weight is 470 g/mol. The number of aryl methyl sites for hydroxylation is 1. The summed E-state index contributed by atoms with van der Waals surface area (Å²) in [5.41, 5.74) is -0.118. The number of carbonyl (C=O) groups is 3. The zero-order valence-electron chi connectivity index (χ0n) is 17.3. The third-order valence-electron chi connectivity index (χ3n) is 5.12. The molecule has 4 rings (SSSR count). The van der Waals surface area contributed by atoms with Crippen molar-refractivity contribution in [2.75, 3.05) is 12.0 Å². The van der Waals surface area contributed by atoms with Gasteiger partial charge in [0.1, 0.15) is 28.3 Å². The van der Waals surface area contributed by atoms with Crippen LogP contribution in [0, 0.1) is 18.6 Å². The SMILES string of the molecule is COC(=O)c1sc(N2C(=O)C(=O)C(=C(O)c3ccc(F)cc3)C2c2ccccc2F)nc1C. The van der Waals surface area contributed by atoms with Crippen LogP contribution in [0.3, 0.4) is 0 Å². The van der Waals surface area contributed by atoms with Gasteiger partial charge in [0.2, 0.25) is 0 Å². The summed E-state index contributed by atoms with van der Waals surface area (Å²) in [4.78, 5) is 43.4. The van der Waals surface area contributed by atoms with Crippen molar-refractivity contribution in [3.05, 3.63) is 87.4 Å². The van der Waals surface area contributed by atoms with E-state index in [1.807, 2.05) is 0 Å². The van der Waals surface area contributed by atoms with Crippen LogP contribution in [0.25, 0.3) is 5.76 Å². The maximum atomic E-state index is 14.8. The minimum Gasteiger partial charge on any atom is -0.507 e. The molecule has 0 radical (unpaired) electrons. The van der Waals surface area contributed by atoms with Crippen molar-refractivity contribution < 1.29 is 33.0 Å². The van der Waals surface area contributed by atoms with Gasteiger partial charge in [0.15, 0.2) is 5.13 Å². The van der Waals surface area contributed by atoms with Crippen molar-refractivity contribution >= 4 is 39.9 Å². The summed E-state index contributed by atoms with van der Waals surface area (Å²) >= 11 is 0.802. The number of rotatable bonds is 4. The van der Waals surface area contributed by atoms with E-state index >= 15 is 0 Å². The minimum atomic E-state index is -1.37. The van der Waals surface area contributed by atoms with Crippen LogP contribution < -0.4 is 4.90 Å². The van der Waals surface area contributed by atoms with Gasteiger partial charge in [-0.2, -0.15) is 0 Å². The van der Waals surface area contributed by atoms with Crippen molar-refractivity contribution in [2.45, 2.75) is 13.0 Å². The van der Waals surface area contributed by atoms with E-state index in [4.69, 9.17) is 4.74 Å². The lowest BCUT2D eigenvalue weighted by molar-refractivity contribution is -0.132. The highest BCUT2D eigenvalue weighted by Crippen LogP contribution is 2.44. The largest absolute Gasteiger partial charge is 0.507 e. The number of methoxy groups -OCH3 is 1. The highest BCUT2D eigenvalue weighted by atomic mass is 32.1. The van der Waals surface area contributed by atoms with E-state index in [0.29, 0.717) is 0 Å². The van der Waals surface area contributed by atoms with Crippen LogP contribution in [0.1, 0.15) is 32.5 Å². The average Bonchev–Trinajstić information content (AvgIpc) is 3.30. The van der Waals surface area contributed by atoms with E-state index in [0.717, 1.165) is 34.4 Å². The topological polar surface area (TPSA) is 96.8 Å². The molecule has 7 nitrogen and oxygen atoms in total. The second kappa shape index (κ2) is 8.55. The zero-order valence-corrected chi connectivity index (χ0v) is 18.2. The predicted octanol–water partition coefficient (Wildman–Crippen LogP) is 4.14. The predicted molar refractivity (Wildman–Crippen MR) is 116 cm³/mol. The number of benzene rings is 2. The standard InChI is InChI=1S/C23H16F2N2O5S/c1-11-20(22(31)32-2)33-23(26-11)27-17(14-5-3-4-6-15(14)25)16(19(29)21(27)30)18(28)12-7-9-13(24)10-8-12/h3-10,17,28H,1-2H3. The number of esters is 1. The Morgan fingerprint density at radius 3 is 2.42 bits per heavy atom. The summed E-state index contributed by atoms with van der Waals surface area (Å²) in [5.74, 6) is -4.69. The summed E-state index contributed by atoms with van der Waals surface area (Å²) in [6.45, 7) is 1.53. The third-order valence-corrected chi connectivity index (χ3v) is 6.26. The molecule has 0 saturated carbocycles. The molecule has 0 spiro atoms. The number of aliphatic hydroxyl groups excluding tert-OH is 1. The lowest BCUT2D eigenvalue weighted by atomic mass is 9.95. The Kier molecular flexibility index (Phi) is 5.77. The lowest BCUT2D eigenvalue weighted by Crippen LogP contribution is -2.29. The molecule has 1 fully saturated rings. The quantitative estimate of drug-likeness (QED) is 0.266. The number of amides is 1. The highest BCUT2D eigenvalue weighted by Gasteiger charge is 2.49. The van der Waals surface area contributed by atoms with Crippen molar-refractivity contribution in [3.63, 3.8) is 0 Å². The van der Waals surface area contributed by atoms with Crippen LogP contribution in [-0.2, 0) is 14.3 Å². The number of aliphatic hydroxyl groups is 1. The molecular formula is C23H16F2N2O5S. The van der Waals surface area contributed by atoms with E-state index in [-0.39, 0.29) is 32.4 Å². The number of halogens is 2. The number of carbonyl (C=O) groups excluding carboxylic acids is 3. The van der Waals surface area contributed by atoms with Crippen LogP contribution in [-0.4, -0.2) is 34.9 Å². The number of ketones is 1. The third kappa shape index (κ3) is 3.78. The first-order chi connectivity index (χ1) is 15.7.